The van der Waals surface area contributed by atoms with Crippen molar-refractivity contribution in [3.05, 3.63) is 0 Å². The number of nitrogens with zero attached hydrogens (tertiary/aromatic N) is 1. The molecule has 4 aliphatic rings. The summed E-state index contributed by atoms with van der Waals surface area (Å²) in [7, 11) is 0. The van der Waals surface area contributed by atoms with Gasteiger partial charge in [-0.2, -0.15) is 0 Å². The van der Waals surface area contributed by atoms with Gasteiger partial charge < -0.3 is 20.2 Å². The van der Waals surface area contributed by atoms with Crippen LogP contribution in [0.2, 0.25) is 0 Å². The molecule has 4 fully saturated rings. The van der Waals surface area contributed by atoms with Crippen LogP contribution >= 0.6 is 0 Å². The Morgan fingerprint density at radius 3 is 2.19 bits per heavy atom. The fraction of sp³-hybridized carbons (Fsp3) is 1.00. The van der Waals surface area contributed by atoms with E-state index in [0.29, 0.717) is 42.6 Å². The molecule has 0 bridgehead atoms. The third-order valence-corrected chi connectivity index (χ3v) is 12.7. The fourth-order valence-electron chi connectivity index (χ4n) is 10.5. The smallest absolute Gasteiger partial charge is 0.107 e. The fourth-order valence-corrected chi connectivity index (χ4v) is 10.5. The van der Waals surface area contributed by atoms with Crippen LogP contribution in [0.15, 0.2) is 0 Å². The van der Waals surface area contributed by atoms with Gasteiger partial charge >= 0.3 is 0 Å². The highest BCUT2D eigenvalue weighted by atomic mass is 16.4. The Balaban J connectivity index is 1.64. The lowest BCUT2D eigenvalue weighted by atomic mass is 9.39. The molecule has 3 unspecified atom stereocenters. The summed E-state index contributed by atoms with van der Waals surface area (Å²) in [6.45, 7) is 18.6. The number of aliphatic hydroxyl groups is 3. The zero-order valence-electron chi connectivity index (χ0n) is 24.7. The number of fused-ring (bicyclic) bond motifs is 5. The summed E-state index contributed by atoms with van der Waals surface area (Å²) in [5.41, 5.74) is -2.37. The third-order valence-electron chi connectivity index (χ3n) is 12.7. The molecule has 0 amide bonds. The van der Waals surface area contributed by atoms with Gasteiger partial charge in [0.1, 0.15) is 11.2 Å². The number of aliphatic hydroxyl groups excluding tert-OH is 1. The first kappa shape index (κ1) is 28.8. The molecule has 4 heteroatoms. The molecule has 0 radical (unpaired) electrons. The number of hydrogen-bond donors (Lipinski definition) is 3. The molecule has 0 aromatic heterocycles. The molecule has 210 valence electrons. The van der Waals surface area contributed by atoms with Gasteiger partial charge in [-0.15, -0.1) is 0 Å². The van der Waals surface area contributed by atoms with E-state index in [0.717, 1.165) is 43.7 Å². The van der Waals surface area contributed by atoms with Crippen LogP contribution < -0.4 is 0 Å². The third kappa shape index (κ3) is 4.52. The molecule has 10 atom stereocenters. The van der Waals surface area contributed by atoms with Gasteiger partial charge in [-0.3, -0.25) is 0 Å². The molecule has 4 aliphatic carbocycles. The van der Waals surface area contributed by atoms with Crippen LogP contribution in [0.1, 0.15) is 119 Å². The van der Waals surface area contributed by atoms with Gasteiger partial charge in [-0.25, -0.2) is 0 Å². The van der Waals surface area contributed by atoms with Crippen molar-refractivity contribution in [2.75, 3.05) is 19.6 Å². The van der Waals surface area contributed by atoms with E-state index < -0.39 is 17.3 Å². The number of hydrogen-bond acceptors (Lipinski definition) is 4. The molecule has 0 aliphatic heterocycles. The summed E-state index contributed by atoms with van der Waals surface area (Å²) < 4.78 is 0. The van der Waals surface area contributed by atoms with Crippen molar-refractivity contribution >= 4 is 0 Å². The molecule has 4 nitrogen and oxygen atoms in total. The minimum Gasteiger partial charge on any atom is -0.393 e. The molecular weight excluding hydrogens is 446 g/mol. The van der Waals surface area contributed by atoms with Crippen LogP contribution in [-0.2, 0) is 0 Å². The molecular formula is C32H59NO3. The first-order chi connectivity index (χ1) is 16.8. The summed E-state index contributed by atoms with van der Waals surface area (Å²) in [6, 6.07) is 0. The summed E-state index contributed by atoms with van der Waals surface area (Å²) in [4.78, 5) is 2.29. The predicted molar refractivity (Wildman–Crippen MR) is 149 cm³/mol. The minimum atomic E-state index is -1.22. The quantitative estimate of drug-likeness (QED) is 0.346. The van der Waals surface area contributed by atoms with Crippen LogP contribution in [0, 0.1) is 46.3 Å². The average molecular weight is 506 g/mol. The minimum absolute atomic E-state index is 0.321. The Bertz CT molecular complexity index is 754. The Morgan fingerprint density at radius 1 is 0.861 bits per heavy atom. The van der Waals surface area contributed by atoms with Crippen molar-refractivity contribution in [1.82, 2.24) is 4.90 Å². The summed E-state index contributed by atoms with van der Waals surface area (Å²) in [6.07, 6.45) is 11.2. The maximum atomic E-state index is 12.5. The van der Waals surface area contributed by atoms with Crippen molar-refractivity contribution < 1.29 is 15.3 Å². The maximum absolute atomic E-state index is 12.5. The first-order valence-electron chi connectivity index (χ1n) is 15.7. The monoisotopic (exact) mass is 505 g/mol. The molecule has 0 spiro atoms. The zero-order chi connectivity index (χ0) is 26.5. The molecule has 36 heavy (non-hydrogen) atoms. The highest BCUT2D eigenvalue weighted by Gasteiger charge is 2.72. The second kappa shape index (κ2) is 10.4. The lowest BCUT2D eigenvalue weighted by molar-refractivity contribution is -0.309. The van der Waals surface area contributed by atoms with E-state index in [1.54, 1.807) is 0 Å². The van der Waals surface area contributed by atoms with Crippen molar-refractivity contribution in [3.8, 4) is 0 Å². The standard InChI is InChI=1S/C32H59NO3/c1-8-33(9-2)21-31(35)20-25-27-14-13-26(23(5)12-10-11-22(3)4)29(27,6)17-16-28(25)30(7)18-15-24(34)19-32(30,31)36/h22-28,34-36H,8-21H2,1-7H3/t23-,24?,25+,26-,27+,28+,29-,30-,31?,32?/m1/s1. The van der Waals surface area contributed by atoms with Crippen molar-refractivity contribution in [2.45, 2.75) is 136 Å². The van der Waals surface area contributed by atoms with Gasteiger partial charge in [0.25, 0.3) is 0 Å². The zero-order valence-corrected chi connectivity index (χ0v) is 24.7. The van der Waals surface area contributed by atoms with Crippen molar-refractivity contribution in [2.24, 2.45) is 46.3 Å². The Kier molecular flexibility index (Phi) is 8.36. The second-order valence-corrected chi connectivity index (χ2v) is 14.8. The lowest BCUT2D eigenvalue weighted by Gasteiger charge is -2.69. The van der Waals surface area contributed by atoms with Crippen molar-refractivity contribution in [3.63, 3.8) is 0 Å². The summed E-state index contributed by atoms with van der Waals surface area (Å²) >= 11 is 0. The van der Waals surface area contributed by atoms with Gasteiger partial charge in [-0.05, 0) is 99.0 Å². The SMILES string of the molecule is CCN(CC)CC1(O)C[C@H]2[C@@H]3CC[C@H]([C@H](C)CCCC(C)C)[C@@]3(C)CC[C@@H]2[C@@]2(C)CCC(O)CC12O. The van der Waals surface area contributed by atoms with Crippen LogP contribution in [0.5, 0.6) is 0 Å². The van der Waals surface area contributed by atoms with Crippen LogP contribution in [0.4, 0.5) is 0 Å². The molecule has 0 heterocycles. The maximum Gasteiger partial charge on any atom is 0.107 e. The Morgan fingerprint density at radius 2 is 1.56 bits per heavy atom. The largest absolute Gasteiger partial charge is 0.393 e. The topological polar surface area (TPSA) is 63.9 Å². The van der Waals surface area contributed by atoms with E-state index in [-0.39, 0.29) is 5.41 Å². The van der Waals surface area contributed by atoms with E-state index in [2.05, 4.69) is 53.4 Å². The highest BCUT2D eigenvalue weighted by Crippen LogP contribution is 2.71. The molecule has 4 rings (SSSR count). The number of rotatable bonds is 9. The second-order valence-electron chi connectivity index (χ2n) is 14.8. The van der Waals surface area contributed by atoms with E-state index >= 15 is 0 Å². The van der Waals surface area contributed by atoms with E-state index in [9.17, 15) is 15.3 Å². The van der Waals surface area contributed by atoms with Gasteiger partial charge in [0, 0.05) is 18.4 Å². The highest BCUT2D eigenvalue weighted by molar-refractivity contribution is 5.22. The van der Waals surface area contributed by atoms with Gasteiger partial charge in [0.15, 0.2) is 0 Å². The van der Waals surface area contributed by atoms with Gasteiger partial charge in [-0.1, -0.05) is 67.7 Å². The molecule has 0 aromatic carbocycles. The van der Waals surface area contributed by atoms with Crippen LogP contribution in [0.25, 0.3) is 0 Å². The van der Waals surface area contributed by atoms with Gasteiger partial charge in [0.2, 0.25) is 0 Å². The van der Waals surface area contributed by atoms with E-state index in [1.165, 1.54) is 44.9 Å². The van der Waals surface area contributed by atoms with E-state index in [1.807, 2.05) is 0 Å². The molecule has 0 saturated heterocycles. The van der Waals surface area contributed by atoms with Crippen LogP contribution in [-0.4, -0.2) is 57.2 Å². The van der Waals surface area contributed by atoms with Crippen molar-refractivity contribution in [1.29, 1.82) is 0 Å². The Hall–Kier alpha value is -0.160. The summed E-state index contributed by atoms with van der Waals surface area (Å²) in [5, 5.41) is 35.7. The predicted octanol–water partition coefficient (Wildman–Crippen LogP) is 6.27. The molecule has 4 saturated carbocycles. The summed E-state index contributed by atoms with van der Waals surface area (Å²) in [5.74, 6) is 3.90. The van der Waals surface area contributed by atoms with Gasteiger partial charge in [0.05, 0.1) is 6.10 Å². The lowest BCUT2D eigenvalue weighted by Crippen LogP contribution is -2.76. The Labute approximate surface area is 222 Å². The van der Waals surface area contributed by atoms with E-state index in [4.69, 9.17) is 0 Å². The molecule has 3 N–H and O–H groups in total. The first-order valence-corrected chi connectivity index (χ1v) is 15.7. The molecule has 0 aromatic rings. The average Bonchev–Trinajstić information content (AvgIpc) is 3.17. The normalized spacial score (nSPS) is 47.5. The van der Waals surface area contributed by atoms with Crippen LogP contribution in [0.3, 0.4) is 0 Å². The number of likely N-dealkylation sites (N-methyl/N-ethyl adjacent to an activating group) is 1.